The fourth-order valence-corrected chi connectivity index (χ4v) is 0.967. The molecule has 0 heterocycles. The molecule has 0 aliphatic rings. The number of amides is 1. The molecule has 1 amide bonds. The average Bonchev–Trinajstić information content (AvgIpc) is 2.04. The van der Waals surface area contributed by atoms with Crippen molar-refractivity contribution in [2.75, 3.05) is 0 Å². The minimum Gasteiger partial charge on any atom is -0.480 e. The molecule has 0 aromatic carbocycles. The molecular weight excluding hydrogens is 174 g/mol. The molecule has 0 saturated heterocycles. The van der Waals surface area contributed by atoms with Crippen LogP contribution in [0.25, 0.3) is 0 Å². The smallest absolute Gasteiger partial charge is 0.329 e. The van der Waals surface area contributed by atoms with Gasteiger partial charge in [-0.2, -0.15) is 0 Å². The Balaban J connectivity index is 4.24. The number of hydrogen-bond donors (Lipinski definition) is 2. The second kappa shape index (κ2) is 5.53. The lowest BCUT2D eigenvalue weighted by atomic mass is 10.1. The van der Waals surface area contributed by atoms with Crippen LogP contribution < -0.4 is 0 Å². The number of carbonyl (C=O) groups is 2. The Bertz CT molecular complexity index is 193. The van der Waals surface area contributed by atoms with Crippen LogP contribution in [0.3, 0.4) is 0 Å². The molecule has 1 atom stereocenters. The van der Waals surface area contributed by atoms with Crippen molar-refractivity contribution >= 4 is 11.9 Å². The molecule has 0 fully saturated rings. The highest BCUT2D eigenvalue weighted by Crippen LogP contribution is 2.07. The number of rotatable bonds is 5. The maximum atomic E-state index is 10.7. The molecule has 5 nitrogen and oxygen atoms in total. The number of carbonyl (C=O) groups excluding carboxylic acids is 1. The predicted molar refractivity (Wildman–Crippen MR) is 45.3 cm³/mol. The van der Waals surface area contributed by atoms with Gasteiger partial charge in [0.15, 0.2) is 6.04 Å². The highest BCUT2D eigenvalue weighted by atomic mass is 16.5. The Labute approximate surface area is 76.9 Å². The zero-order valence-corrected chi connectivity index (χ0v) is 7.86. The molecule has 13 heavy (non-hydrogen) atoms. The van der Waals surface area contributed by atoms with Crippen LogP contribution in [0, 0.1) is 0 Å². The van der Waals surface area contributed by atoms with Crippen LogP contribution in [-0.4, -0.2) is 33.3 Å². The highest BCUT2D eigenvalue weighted by Gasteiger charge is 2.25. The van der Waals surface area contributed by atoms with E-state index in [9.17, 15) is 9.59 Å². The summed E-state index contributed by atoms with van der Waals surface area (Å²) in [6.07, 6.45) is 1.78. The molecule has 0 bridgehead atoms. The fourth-order valence-electron chi connectivity index (χ4n) is 0.967. The SMILES string of the molecule is CCCCC(C(=O)O)N(O)C(C)=O. The summed E-state index contributed by atoms with van der Waals surface area (Å²) in [5, 5.41) is 18.0. The summed E-state index contributed by atoms with van der Waals surface area (Å²) in [4.78, 5) is 21.3. The zero-order valence-electron chi connectivity index (χ0n) is 7.86. The molecule has 5 heteroatoms. The first-order chi connectivity index (χ1) is 6.00. The van der Waals surface area contributed by atoms with Crippen molar-refractivity contribution in [3.8, 4) is 0 Å². The molecule has 1 unspecified atom stereocenters. The monoisotopic (exact) mass is 189 g/mol. The number of nitrogens with zero attached hydrogens (tertiary/aromatic N) is 1. The van der Waals surface area contributed by atoms with Gasteiger partial charge in [0, 0.05) is 6.92 Å². The number of aliphatic carboxylic acids is 1. The Kier molecular flexibility index (Phi) is 5.06. The topological polar surface area (TPSA) is 77.8 Å². The molecule has 2 N–H and O–H groups in total. The van der Waals surface area contributed by atoms with E-state index < -0.39 is 17.9 Å². The van der Waals surface area contributed by atoms with Gasteiger partial charge < -0.3 is 5.11 Å². The van der Waals surface area contributed by atoms with Gasteiger partial charge in [-0.05, 0) is 6.42 Å². The van der Waals surface area contributed by atoms with Crippen molar-refractivity contribution < 1.29 is 19.9 Å². The second-order valence-corrected chi connectivity index (χ2v) is 2.86. The zero-order chi connectivity index (χ0) is 10.4. The first-order valence-corrected chi connectivity index (χ1v) is 4.22. The summed E-state index contributed by atoms with van der Waals surface area (Å²) in [6.45, 7) is 3.04. The van der Waals surface area contributed by atoms with E-state index >= 15 is 0 Å². The van der Waals surface area contributed by atoms with Gasteiger partial charge in [-0.3, -0.25) is 10.0 Å². The molecule has 0 saturated carbocycles. The fraction of sp³-hybridized carbons (Fsp3) is 0.750. The summed E-state index contributed by atoms with van der Waals surface area (Å²) < 4.78 is 0. The molecule has 0 aromatic rings. The van der Waals surface area contributed by atoms with Crippen LogP contribution in [0.5, 0.6) is 0 Å². The summed E-state index contributed by atoms with van der Waals surface area (Å²) in [5.74, 6) is -1.82. The van der Waals surface area contributed by atoms with E-state index in [0.29, 0.717) is 6.42 Å². The summed E-state index contributed by atoms with van der Waals surface area (Å²) >= 11 is 0. The number of carboxylic acid groups (broad SMARTS) is 1. The van der Waals surface area contributed by atoms with E-state index in [0.717, 1.165) is 13.3 Å². The normalized spacial score (nSPS) is 12.2. The van der Waals surface area contributed by atoms with E-state index in [-0.39, 0.29) is 11.5 Å². The van der Waals surface area contributed by atoms with E-state index in [1.165, 1.54) is 0 Å². The van der Waals surface area contributed by atoms with Crippen LogP contribution in [0.4, 0.5) is 0 Å². The minimum atomic E-state index is -1.17. The largest absolute Gasteiger partial charge is 0.480 e. The average molecular weight is 189 g/mol. The summed E-state index contributed by atoms with van der Waals surface area (Å²) in [5.41, 5.74) is 0. The number of unbranched alkanes of at least 4 members (excludes halogenated alkanes) is 1. The number of hydroxylamine groups is 2. The van der Waals surface area contributed by atoms with Crippen LogP contribution in [0.15, 0.2) is 0 Å². The third-order valence-corrected chi connectivity index (χ3v) is 1.73. The van der Waals surface area contributed by atoms with Crippen LogP contribution in [0.1, 0.15) is 33.1 Å². The lowest BCUT2D eigenvalue weighted by Crippen LogP contribution is -2.41. The van der Waals surface area contributed by atoms with Crippen LogP contribution in [-0.2, 0) is 9.59 Å². The summed E-state index contributed by atoms with van der Waals surface area (Å²) in [7, 11) is 0. The first kappa shape index (κ1) is 11.9. The van der Waals surface area contributed by atoms with Gasteiger partial charge in [0.25, 0.3) is 0 Å². The lowest BCUT2D eigenvalue weighted by Gasteiger charge is -2.20. The molecule has 0 radical (unpaired) electrons. The Morgan fingerprint density at radius 2 is 2.00 bits per heavy atom. The maximum Gasteiger partial charge on any atom is 0.329 e. The van der Waals surface area contributed by atoms with Crippen molar-refractivity contribution in [2.45, 2.75) is 39.2 Å². The number of hydrogen-bond acceptors (Lipinski definition) is 3. The molecule has 0 aliphatic heterocycles. The van der Waals surface area contributed by atoms with E-state index in [1.807, 2.05) is 6.92 Å². The first-order valence-electron chi connectivity index (χ1n) is 4.22. The molecule has 0 aliphatic carbocycles. The summed E-state index contributed by atoms with van der Waals surface area (Å²) in [6, 6.07) is -1.11. The molecular formula is C8H15NO4. The van der Waals surface area contributed by atoms with Gasteiger partial charge >= 0.3 is 5.97 Å². The van der Waals surface area contributed by atoms with Crippen LogP contribution in [0.2, 0.25) is 0 Å². The quantitative estimate of drug-likeness (QED) is 0.497. The number of carboxylic acids is 1. The van der Waals surface area contributed by atoms with Crippen molar-refractivity contribution in [3.05, 3.63) is 0 Å². The molecule has 0 spiro atoms. The van der Waals surface area contributed by atoms with Gasteiger partial charge in [0.1, 0.15) is 0 Å². The second-order valence-electron chi connectivity index (χ2n) is 2.86. The Morgan fingerprint density at radius 3 is 2.31 bits per heavy atom. The van der Waals surface area contributed by atoms with Crippen LogP contribution >= 0.6 is 0 Å². The Morgan fingerprint density at radius 1 is 1.46 bits per heavy atom. The van der Waals surface area contributed by atoms with Gasteiger partial charge in [0.2, 0.25) is 5.91 Å². The van der Waals surface area contributed by atoms with Crippen molar-refractivity contribution in [3.63, 3.8) is 0 Å². The van der Waals surface area contributed by atoms with Gasteiger partial charge in [-0.1, -0.05) is 19.8 Å². The van der Waals surface area contributed by atoms with E-state index in [4.69, 9.17) is 10.3 Å². The predicted octanol–water partition coefficient (Wildman–Crippen LogP) is 0.867. The molecule has 0 rings (SSSR count). The van der Waals surface area contributed by atoms with Gasteiger partial charge in [-0.25, -0.2) is 9.86 Å². The molecule has 0 aromatic heterocycles. The Hall–Kier alpha value is -1.10. The van der Waals surface area contributed by atoms with Gasteiger partial charge in [-0.15, -0.1) is 0 Å². The third kappa shape index (κ3) is 3.89. The maximum absolute atomic E-state index is 10.7. The molecule has 76 valence electrons. The van der Waals surface area contributed by atoms with Gasteiger partial charge in [0.05, 0.1) is 0 Å². The van der Waals surface area contributed by atoms with Crippen molar-refractivity contribution in [2.24, 2.45) is 0 Å². The third-order valence-electron chi connectivity index (χ3n) is 1.73. The van der Waals surface area contributed by atoms with E-state index in [2.05, 4.69) is 0 Å². The highest BCUT2D eigenvalue weighted by molar-refractivity contribution is 5.81. The lowest BCUT2D eigenvalue weighted by molar-refractivity contribution is -0.184. The van der Waals surface area contributed by atoms with E-state index in [1.54, 1.807) is 0 Å². The van der Waals surface area contributed by atoms with Crippen molar-refractivity contribution in [1.82, 2.24) is 5.06 Å². The standard InChI is InChI=1S/C8H15NO4/c1-3-4-5-7(8(11)12)9(13)6(2)10/h7,13H,3-5H2,1-2H3,(H,11,12). The minimum absolute atomic E-state index is 0.276. The van der Waals surface area contributed by atoms with Crippen molar-refractivity contribution in [1.29, 1.82) is 0 Å².